The lowest BCUT2D eigenvalue weighted by molar-refractivity contribution is -0.0512. The van der Waals surface area contributed by atoms with Gasteiger partial charge in [-0.05, 0) is 17.7 Å². The molecule has 5 rings (SSSR count). The number of allylic oxidation sites excluding steroid dienone is 1. The van der Waals surface area contributed by atoms with Gasteiger partial charge in [-0.25, -0.2) is 0 Å². The molecule has 1 aliphatic heterocycles. The molecule has 3 aromatic carbocycles. The molecule has 0 aromatic heterocycles. The molecule has 8 heteroatoms. The van der Waals surface area contributed by atoms with Gasteiger partial charge in [0.05, 0.1) is 11.5 Å². The number of carbonyl (C=O) groups is 3. The van der Waals surface area contributed by atoms with Crippen molar-refractivity contribution < 1.29 is 37.7 Å². The number of carbonyl (C=O) groups excluding carboxylic acids is 3. The Bertz CT molecular complexity index is 1360. The third-order valence-corrected chi connectivity index (χ3v) is 5.85. The number of fused-ring (bicyclic) bond motifs is 1. The van der Waals surface area contributed by atoms with Crippen molar-refractivity contribution in [3.8, 4) is 11.5 Å². The monoisotopic (exact) mass is 462 g/mol. The van der Waals surface area contributed by atoms with Crippen LogP contribution in [0.25, 0.3) is 0 Å². The van der Waals surface area contributed by atoms with E-state index in [9.17, 15) is 28.3 Å². The van der Waals surface area contributed by atoms with E-state index in [1.807, 2.05) is 0 Å². The first kappa shape index (κ1) is 21.5. The van der Waals surface area contributed by atoms with Gasteiger partial charge in [0.15, 0.2) is 29.1 Å². The third-order valence-electron chi connectivity index (χ3n) is 5.85. The Hall–Kier alpha value is -4.33. The minimum atomic E-state index is -3.15. The number of rotatable bonds is 5. The predicted octanol–water partition coefficient (Wildman–Crippen LogP) is 4.69. The van der Waals surface area contributed by atoms with Gasteiger partial charge in [-0.1, -0.05) is 60.7 Å². The van der Waals surface area contributed by atoms with Gasteiger partial charge in [-0.15, -0.1) is 0 Å². The Kier molecular flexibility index (Phi) is 5.20. The number of phenolic OH excluding ortho intramolecular Hbond substituents is 1. The SMILES string of the molecule is O=C1C2=C(C(=O)c3ccccc31)[C@@H](c1ccc(OC(F)F)c(O)c1)[C@H](C(=O)c1ccccc1)O2. The maximum absolute atomic E-state index is 13.4. The van der Waals surface area contributed by atoms with Crippen LogP contribution >= 0.6 is 0 Å². The number of halogens is 2. The fourth-order valence-electron chi connectivity index (χ4n) is 4.35. The average Bonchev–Trinajstić information content (AvgIpc) is 3.25. The van der Waals surface area contributed by atoms with Crippen LogP contribution < -0.4 is 4.74 Å². The Morgan fingerprint density at radius 3 is 2.21 bits per heavy atom. The van der Waals surface area contributed by atoms with Crippen LogP contribution in [-0.2, 0) is 4.74 Å². The summed E-state index contributed by atoms with van der Waals surface area (Å²) in [5.41, 5.74) is 0.867. The topological polar surface area (TPSA) is 89.9 Å². The molecule has 0 spiro atoms. The van der Waals surface area contributed by atoms with E-state index >= 15 is 0 Å². The molecule has 3 aromatic rings. The number of alkyl halides is 2. The van der Waals surface area contributed by atoms with Gasteiger partial charge >= 0.3 is 6.61 Å². The third kappa shape index (κ3) is 3.44. The highest BCUT2D eigenvalue weighted by molar-refractivity contribution is 6.27. The second kappa shape index (κ2) is 8.22. The van der Waals surface area contributed by atoms with Crippen molar-refractivity contribution >= 4 is 17.3 Å². The van der Waals surface area contributed by atoms with E-state index in [2.05, 4.69) is 4.74 Å². The zero-order chi connectivity index (χ0) is 24.0. The van der Waals surface area contributed by atoms with Crippen LogP contribution in [0.5, 0.6) is 11.5 Å². The van der Waals surface area contributed by atoms with Crippen molar-refractivity contribution in [1.29, 1.82) is 0 Å². The number of Topliss-reactive ketones (excluding diaryl/α,β-unsaturated/α-hetero) is 3. The highest BCUT2D eigenvalue weighted by Crippen LogP contribution is 2.47. The van der Waals surface area contributed by atoms with Crippen molar-refractivity contribution in [2.24, 2.45) is 0 Å². The molecule has 0 bridgehead atoms. The van der Waals surface area contributed by atoms with Crippen LogP contribution in [0.1, 0.15) is 42.6 Å². The lowest BCUT2D eigenvalue weighted by Crippen LogP contribution is -2.28. The molecule has 0 unspecified atom stereocenters. The summed E-state index contributed by atoms with van der Waals surface area (Å²) in [5, 5.41) is 10.3. The fraction of sp³-hybridized carbons (Fsp3) is 0.115. The molecule has 170 valence electrons. The summed E-state index contributed by atoms with van der Waals surface area (Å²) in [4.78, 5) is 40.0. The first-order valence-electron chi connectivity index (χ1n) is 10.3. The maximum atomic E-state index is 13.4. The second-order valence-corrected chi connectivity index (χ2v) is 7.80. The molecule has 6 nitrogen and oxygen atoms in total. The molecule has 1 aliphatic carbocycles. The van der Waals surface area contributed by atoms with Crippen LogP contribution in [0, 0.1) is 0 Å². The van der Waals surface area contributed by atoms with Crippen molar-refractivity contribution in [2.45, 2.75) is 18.6 Å². The quantitative estimate of drug-likeness (QED) is 0.554. The van der Waals surface area contributed by atoms with Crippen LogP contribution in [0.15, 0.2) is 84.1 Å². The fourth-order valence-corrected chi connectivity index (χ4v) is 4.35. The van der Waals surface area contributed by atoms with E-state index < -0.39 is 47.5 Å². The predicted molar refractivity (Wildman–Crippen MR) is 115 cm³/mol. The molecule has 2 aliphatic rings. The minimum Gasteiger partial charge on any atom is -0.504 e. The largest absolute Gasteiger partial charge is 0.504 e. The van der Waals surface area contributed by atoms with Gasteiger partial charge in [0, 0.05) is 16.7 Å². The second-order valence-electron chi connectivity index (χ2n) is 7.80. The molecular weight excluding hydrogens is 446 g/mol. The minimum absolute atomic E-state index is 0.0140. The Morgan fingerprint density at radius 1 is 0.912 bits per heavy atom. The molecule has 2 atom stereocenters. The summed E-state index contributed by atoms with van der Waals surface area (Å²) in [5.74, 6) is -3.83. The molecule has 0 saturated carbocycles. The molecule has 0 fully saturated rings. The maximum Gasteiger partial charge on any atom is 0.387 e. The molecule has 0 saturated heterocycles. The number of hydrogen-bond donors (Lipinski definition) is 1. The lowest BCUT2D eigenvalue weighted by Gasteiger charge is -2.21. The van der Waals surface area contributed by atoms with Gasteiger partial charge in [0.1, 0.15) is 0 Å². The molecule has 1 N–H and O–H groups in total. The number of ether oxygens (including phenoxy) is 2. The smallest absolute Gasteiger partial charge is 0.387 e. The zero-order valence-corrected chi connectivity index (χ0v) is 17.4. The average molecular weight is 462 g/mol. The van der Waals surface area contributed by atoms with Gasteiger partial charge in [-0.3, -0.25) is 14.4 Å². The molecule has 1 heterocycles. The van der Waals surface area contributed by atoms with Gasteiger partial charge < -0.3 is 14.6 Å². The zero-order valence-electron chi connectivity index (χ0n) is 17.4. The normalized spacial score (nSPS) is 19.0. The van der Waals surface area contributed by atoms with Crippen LogP contribution in [0.2, 0.25) is 0 Å². The molecular formula is C26H16F2O6. The summed E-state index contributed by atoms with van der Waals surface area (Å²) in [6.45, 7) is -3.15. The van der Waals surface area contributed by atoms with E-state index in [0.29, 0.717) is 5.56 Å². The van der Waals surface area contributed by atoms with E-state index in [1.54, 1.807) is 42.5 Å². The molecule has 34 heavy (non-hydrogen) atoms. The lowest BCUT2D eigenvalue weighted by atomic mass is 9.77. The van der Waals surface area contributed by atoms with Gasteiger partial charge in [-0.2, -0.15) is 8.78 Å². The van der Waals surface area contributed by atoms with E-state index in [-0.39, 0.29) is 28.0 Å². The van der Waals surface area contributed by atoms with Crippen LogP contribution in [0.4, 0.5) is 8.78 Å². The Labute approximate surface area is 192 Å². The summed E-state index contributed by atoms with van der Waals surface area (Å²) in [6, 6.07) is 18.1. The number of hydrogen-bond acceptors (Lipinski definition) is 6. The summed E-state index contributed by atoms with van der Waals surface area (Å²) < 4.78 is 35.4. The number of ketones is 3. The molecule has 0 amide bonds. The number of phenols is 1. The van der Waals surface area contributed by atoms with Crippen molar-refractivity contribution in [3.63, 3.8) is 0 Å². The highest BCUT2D eigenvalue weighted by Gasteiger charge is 2.50. The van der Waals surface area contributed by atoms with E-state index in [4.69, 9.17) is 4.74 Å². The summed E-state index contributed by atoms with van der Waals surface area (Å²) in [6.07, 6.45) is -1.28. The first-order chi connectivity index (χ1) is 16.4. The van der Waals surface area contributed by atoms with Crippen LogP contribution in [-0.4, -0.2) is 35.2 Å². The van der Waals surface area contributed by atoms with E-state index in [0.717, 1.165) is 12.1 Å². The van der Waals surface area contributed by atoms with Crippen molar-refractivity contribution in [1.82, 2.24) is 0 Å². The summed E-state index contributed by atoms with van der Waals surface area (Å²) in [7, 11) is 0. The van der Waals surface area contributed by atoms with Crippen LogP contribution in [0.3, 0.4) is 0 Å². The van der Waals surface area contributed by atoms with Gasteiger partial charge in [0.2, 0.25) is 11.6 Å². The van der Waals surface area contributed by atoms with Crippen molar-refractivity contribution in [3.05, 3.63) is 106 Å². The Morgan fingerprint density at radius 2 is 1.56 bits per heavy atom. The molecule has 0 radical (unpaired) electrons. The van der Waals surface area contributed by atoms with E-state index in [1.165, 1.54) is 18.2 Å². The number of aromatic hydroxyl groups is 1. The number of benzene rings is 3. The summed E-state index contributed by atoms with van der Waals surface area (Å²) >= 11 is 0. The van der Waals surface area contributed by atoms with Crippen molar-refractivity contribution in [2.75, 3.05) is 0 Å². The highest BCUT2D eigenvalue weighted by atomic mass is 19.3. The Balaban J connectivity index is 1.64. The first-order valence-corrected chi connectivity index (χ1v) is 10.3. The van der Waals surface area contributed by atoms with Gasteiger partial charge in [0.25, 0.3) is 0 Å². The standard InChI is InChI=1S/C26H16F2O6/c27-26(28)33-18-11-10-14(12-17(18)29)19-20-22(31)15-8-4-5-9-16(15)23(32)25(20)34-24(19)21(30)13-6-2-1-3-7-13/h1-12,19,24,26,29H/t19-,24-/m1/s1.